The smallest absolute Gasteiger partial charge is 0.317 e. The highest BCUT2D eigenvalue weighted by molar-refractivity contribution is 6.16. The molecular formula is C31H23F2N7O2. The molecule has 7 rings (SSSR count). The zero-order chi connectivity index (χ0) is 28.6. The number of Topliss-reactive ketones (excluding diaryl/α,β-unsaturated/α-hetero) is 1. The van der Waals surface area contributed by atoms with Crippen LogP contribution in [0.15, 0.2) is 88.7 Å². The van der Waals surface area contributed by atoms with E-state index in [1.165, 1.54) is 6.07 Å². The number of aromatic nitrogens is 5. The van der Waals surface area contributed by atoms with Crippen molar-refractivity contribution in [1.82, 2.24) is 25.1 Å². The van der Waals surface area contributed by atoms with Crippen molar-refractivity contribution in [3.05, 3.63) is 107 Å². The molecule has 5 aromatic rings. The van der Waals surface area contributed by atoms with E-state index in [0.717, 1.165) is 41.6 Å². The first-order chi connectivity index (χ1) is 20.5. The number of aliphatic imine (C=N–C) groups is 1. The van der Waals surface area contributed by atoms with Crippen molar-refractivity contribution in [3.63, 3.8) is 0 Å². The molecule has 1 aliphatic heterocycles. The number of ketones is 1. The minimum Gasteiger partial charge on any atom is -0.402 e. The van der Waals surface area contributed by atoms with Crippen molar-refractivity contribution in [2.24, 2.45) is 4.99 Å². The van der Waals surface area contributed by atoms with Crippen LogP contribution in [0.4, 0.5) is 14.8 Å². The quantitative estimate of drug-likeness (QED) is 0.264. The molecule has 1 saturated carbocycles. The van der Waals surface area contributed by atoms with E-state index in [9.17, 15) is 13.6 Å². The zero-order valence-corrected chi connectivity index (χ0v) is 22.1. The molecule has 11 heteroatoms. The second-order valence-corrected chi connectivity index (χ2v) is 10.2. The normalized spacial score (nSPS) is 16.6. The highest BCUT2D eigenvalue weighted by Crippen LogP contribution is 2.39. The summed E-state index contributed by atoms with van der Waals surface area (Å²) in [6, 6.07) is 18.5. The summed E-state index contributed by atoms with van der Waals surface area (Å²) < 4.78 is 33.0. The van der Waals surface area contributed by atoms with Gasteiger partial charge in [0.2, 0.25) is 0 Å². The standard InChI is InChI=1S/C31H23F2N7O2/c32-27(33)20-12-23(21-15-35-28(36-16-21)18-10-11-18)26(34-14-20)30-39-40-31(42-30)38-29-24(41)13-19-8-4-5-9-22(19)25(37-29)17-6-2-1-3-7-17/h1-9,12,14-16,18,27,29H,10-11,13H2,(H,38,40)/t29-/m1/s1. The van der Waals surface area contributed by atoms with Crippen LogP contribution < -0.4 is 5.32 Å². The third-order valence-electron chi connectivity index (χ3n) is 7.22. The second-order valence-electron chi connectivity index (χ2n) is 10.2. The number of carbonyl (C=O) groups is 1. The number of carbonyl (C=O) groups excluding carboxylic acids is 1. The van der Waals surface area contributed by atoms with Gasteiger partial charge in [-0.25, -0.2) is 23.7 Å². The van der Waals surface area contributed by atoms with Crippen LogP contribution in [0.1, 0.15) is 53.3 Å². The molecule has 1 fully saturated rings. The van der Waals surface area contributed by atoms with Crippen LogP contribution in [0.2, 0.25) is 0 Å². The van der Waals surface area contributed by atoms with Gasteiger partial charge in [0.1, 0.15) is 11.5 Å². The lowest BCUT2D eigenvalue weighted by Gasteiger charge is -2.12. The van der Waals surface area contributed by atoms with E-state index in [1.54, 1.807) is 12.4 Å². The summed E-state index contributed by atoms with van der Waals surface area (Å²) in [6.07, 6.45) is 2.77. The number of nitrogens with one attached hydrogen (secondary N) is 1. The largest absolute Gasteiger partial charge is 0.402 e. The minimum absolute atomic E-state index is 0.0174. The van der Waals surface area contributed by atoms with E-state index in [2.05, 4.69) is 30.5 Å². The number of alkyl halides is 2. The third kappa shape index (κ3) is 5.05. The van der Waals surface area contributed by atoms with Crippen molar-refractivity contribution in [2.45, 2.75) is 37.8 Å². The highest BCUT2D eigenvalue weighted by atomic mass is 19.3. The maximum Gasteiger partial charge on any atom is 0.317 e. The lowest BCUT2D eigenvalue weighted by Crippen LogP contribution is -2.29. The summed E-state index contributed by atoms with van der Waals surface area (Å²) in [7, 11) is 0. The van der Waals surface area contributed by atoms with Gasteiger partial charge < -0.3 is 9.73 Å². The molecule has 2 aromatic carbocycles. The number of rotatable bonds is 7. The maximum atomic E-state index is 13.6. The van der Waals surface area contributed by atoms with E-state index >= 15 is 0 Å². The number of hydrogen-bond acceptors (Lipinski definition) is 9. The van der Waals surface area contributed by atoms with Gasteiger partial charge in [0.15, 0.2) is 11.9 Å². The minimum atomic E-state index is -2.72. The number of halogens is 2. The molecule has 0 spiro atoms. The summed E-state index contributed by atoms with van der Waals surface area (Å²) in [5.41, 5.74) is 4.01. The number of hydrogen-bond donors (Lipinski definition) is 1. The Balaban J connectivity index is 1.22. The van der Waals surface area contributed by atoms with Gasteiger partial charge in [0, 0.05) is 58.7 Å². The lowest BCUT2D eigenvalue weighted by molar-refractivity contribution is -0.119. The fourth-order valence-electron chi connectivity index (χ4n) is 4.91. The van der Waals surface area contributed by atoms with Crippen LogP contribution in [0.5, 0.6) is 0 Å². The van der Waals surface area contributed by atoms with Gasteiger partial charge in [0.05, 0.1) is 5.71 Å². The molecule has 0 bridgehead atoms. The van der Waals surface area contributed by atoms with Crippen LogP contribution >= 0.6 is 0 Å². The van der Waals surface area contributed by atoms with Crippen LogP contribution in [0, 0.1) is 0 Å². The van der Waals surface area contributed by atoms with Crippen molar-refractivity contribution in [3.8, 4) is 22.7 Å². The summed E-state index contributed by atoms with van der Waals surface area (Å²) in [6.45, 7) is 0. The van der Waals surface area contributed by atoms with E-state index < -0.39 is 12.6 Å². The predicted octanol–water partition coefficient (Wildman–Crippen LogP) is 5.80. The number of nitrogens with zero attached hydrogens (tertiary/aromatic N) is 6. The topological polar surface area (TPSA) is 119 Å². The Morgan fingerprint density at radius 3 is 2.38 bits per heavy atom. The number of fused-ring (bicyclic) bond motifs is 1. The fraction of sp³-hybridized carbons (Fsp3) is 0.194. The molecule has 2 aliphatic rings. The van der Waals surface area contributed by atoms with Crippen LogP contribution in [-0.4, -0.2) is 42.8 Å². The number of pyridine rings is 1. The van der Waals surface area contributed by atoms with Gasteiger partial charge in [-0.05, 0) is 24.5 Å². The first-order valence-corrected chi connectivity index (χ1v) is 13.5. The van der Waals surface area contributed by atoms with Crippen molar-refractivity contribution >= 4 is 17.5 Å². The van der Waals surface area contributed by atoms with Gasteiger partial charge in [-0.1, -0.05) is 59.7 Å². The Hall–Kier alpha value is -5.19. The van der Waals surface area contributed by atoms with Crippen molar-refractivity contribution in [2.75, 3.05) is 5.32 Å². The Morgan fingerprint density at radius 2 is 1.62 bits per heavy atom. The molecule has 42 heavy (non-hydrogen) atoms. The Morgan fingerprint density at radius 1 is 0.857 bits per heavy atom. The molecule has 9 nitrogen and oxygen atoms in total. The fourth-order valence-corrected chi connectivity index (χ4v) is 4.91. The summed E-state index contributed by atoms with van der Waals surface area (Å²) in [5.74, 6) is 0.878. The molecule has 1 atom stereocenters. The highest BCUT2D eigenvalue weighted by Gasteiger charge is 2.29. The average Bonchev–Trinajstić information content (AvgIpc) is 3.79. The molecule has 0 unspecified atom stereocenters. The molecule has 1 N–H and O–H groups in total. The third-order valence-corrected chi connectivity index (χ3v) is 7.22. The van der Waals surface area contributed by atoms with E-state index in [-0.39, 0.29) is 35.4 Å². The van der Waals surface area contributed by atoms with Crippen molar-refractivity contribution < 1.29 is 18.0 Å². The molecule has 0 amide bonds. The maximum absolute atomic E-state index is 13.6. The second kappa shape index (κ2) is 10.7. The van der Waals surface area contributed by atoms with Crippen molar-refractivity contribution in [1.29, 1.82) is 0 Å². The number of anilines is 1. The molecule has 0 saturated heterocycles. The summed E-state index contributed by atoms with van der Waals surface area (Å²) >= 11 is 0. The first-order valence-electron chi connectivity index (χ1n) is 13.5. The molecule has 3 aromatic heterocycles. The molecule has 208 valence electrons. The average molecular weight is 564 g/mol. The van der Waals surface area contributed by atoms with Gasteiger partial charge in [-0.2, -0.15) is 0 Å². The van der Waals surface area contributed by atoms with Crippen LogP contribution in [0.25, 0.3) is 22.7 Å². The Kier molecular flexibility index (Phi) is 6.54. The Bertz CT molecular complexity index is 1800. The molecule has 1 aliphatic carbocycles. The Labute approximate surface area is 238 Å². The van der Waals surface area contributed by atoms with Crippen LogP contribution in [-0.2, 0) is 11.2 Å². The van der Waals surface area contributed by atoms with Crippen LogP contribution in [0.3, 0.4) is 0 Å². The first kappa shape index (κ1) is 25.8. The SMILES string of the molecule is O=C1Cc2ccccc2C(c2ccccc2)=N[C@@H]1Nc1nnc(-c2ncc(C(F)F)cc2-c2cnc(C3CC3)nc2)o1. The summed E-state index contributed by atoms with van der Waals surface area (Å²) in [4.78, 5) is 31.1. The monoisotopic (exact) mass is 563 g/mol. The van der Waals surface area contributed by atoms with E-state index in [0.29, 0.717) is 22.8 Å². The molecular weight excluding hydrogens is 540 g/mol. The van der Waals surface area contributed by atoms with E-state index in [1.807, 2.05) is 54.6 Å². The van der Waals surface area contributed by atoms with Gasteiger partial charge in [-0.15, -0.1) is 5.10 Å². The van der Waals surface area contributed by atoms with Gasteiger partial charge >= 0.3 is 6.01 Å². The summed E-state index contributed by atoms with van der Waals surface area (Å²) in [5, 5.41) is 11.1. The number of benzene rings is 2. The zero-order valence-electron chi connectivity index (χ0n) is 22.1. The molecule has 0 radical (unpaired) electrons. The van der Waals surface area contributed by atoms with Gasteiger partial charge in [-0.3, -0.25) is 9.79 Å². The van der Waals surface area contributed by atoms with E-state index in [4.69, 9.17) is 9.41 Å². The predicted molar refractivity (Wildman–Crippen MR) is 150 cm³/mol. The van der Waals surface area contributed by atoms with Gasteiger partial charge in [0.25, 0.3) is 12.3 Å². The lowest BCUT2D eigenvalue weighted by atomic mass is 9.96. The molecule has 4 heterocycles.